The molecule has 96 valence electrons. The van der Waals surface area contributed by atoms with Gasteiger partial charge in [-0.3, -0.25) is 0 Å². The first-order valence-electron chi connectivity index (χ1n) is 6.28. The van der Waals surface area contributed by atoms with Gasteiger partial charge in [0.1, 0.15) is 5.82 Å². The van der Waals surface area contributed by atoms with Crippen molar-refractivity contribution in [2.45, 2.75) is 40.7 Å². The number of aryl methyl sites for hydroxylation is 2. The summed E-state index contributed by atoms with van der Waals surface area (Å²) < 4.78 is 0. The Balaban J connectivity index is 3.02. The lowest BCUT2D eigenvalue weighted by Gasteiger charge is -2.25. The lowest BCUT2D eigenvalue weighted by Crippen LogP contribution is -2.26. The Bertz CT molecular complexity index is 377. The monoisotopic (exact) mass is 236 g/mol. The SMILES string of the molecule is CCC(C)CN(C)c1nc(C)cc(C)c1CO. The maximum Gasteiger partial charge on any atom is 0.134 e. The van der Waals surface area contributed by atoms with Gasteiger partial charge in [-0.05, 0) is 31.4 Å². The molecular formula is C14H24N2O. The van der Waals surface area contributed by atoms with Gasteiger partial charge in [-0.15, -0.1) is 0 Å². The molecule has 1 N–H and O–H groups in total. The highest BCUT2D eigenvalue weighted by Gasteiger charge is 2.13. The molecule has 0 aliphatic heterocycles. The molecule has 0 radical (unpaired) electrons. The number of hydrogen-bond acceptors (Lipinski definition) is 3. The van der Waals surface area contributed by atoms with E-state index in [1.807, 2.05) is 27.0 Å². The Morgan fingerprint density at radius 2 is 2.06 bits per heavy atom. The number of anilines is 1. The topological polar surface area (TPSA) is 36.4 Å². The van der Waals surface area contributed by atoms with E-state index in [1.165, 1.54) is 0 Å². The van der Waals surface area contributed by atoms with E-state index < -0.39 is 0 Å². The molecule has 3 nitrogen and oxygen atoms in total. The van der Waals surface area contributed by atoms with Crippen molar-refractivity contribution in [1.82, 2.24) is 4.98 Å². The highest BCUT2D eigenvalue weighted by Crippen LogP contribution is 2.22. The molecule has 1 unspecified atom stereocenters. The third-order valence-corrected chi connectivity index (χ3v) is 3.26. The van der Waals surface area contributed by atoms with Crippen LogP contribution in [0.15, 0.2) is 6.07 Å². The molecule has 0 aliphatic carbocycles. The Morgan fingerprint density at radius 3 is 2.59 bits per heavy atom. The summed E-state index contributed by atoms with van der Waals surface area (Å²) in [7, 11) is 2.05. The molecule has 1 aromatic heterocycles. The van der Waals surface area contributed by atoms with E-state index in [0.717, 1.165) is 35.6 Å². The van der Waals surface area contributed by atoms with E-state index in [0.29, 0.717) is 5.92 Å². The quantitative estimate of drug-likeness (QED) is 0.854. The molecule has 0 saturated carbocycles. The standard InChI is InChI=1S/C14H24N2O/c1-6-10(2)8-16(5)14-13(9-17)11(3)7-12(4)15-14/h7,10,17H,6,8-9H2,1-5H3. The van der Waals surface area contributed by atoms with Gasteiger partial charge in [0.25, 0.3) is 0 Å². The van der Waals surface area contributed by atoms with Crippen molar-refractivity contribution in [3.63, 3.8) is 0 Å². The summed E-state index contributed by atoms with van der Waals surface area (Å²) in [5, 5.41) is 9.46. The average Bonchev–Trinajstić information content (AvgIpc) is 2.27. The van der Waals surface area contributed by atoms with E-state index in [1.54, 1.807) is 0 Å². The minimum absolute atomic E-state index is 0.0549. The van der Waals surface area contributed by atoms with E-state index in [9.17, 15) is 5.11 Å². The van der Waals surface area contributed by atoms with Gasteiger partial charge in [-0.25, -0.2) is 4.98 Å². The molecule has 1 rings (SSSR count). The van der Waals surface area contributed by atoms with Gasteiger partial charge in [0.15, 0.2) is 0 Å². The zero-order valence-electron chi connectivity index (χ0n) is 11.6. The van der Waals surface area contributed by atoms with Crippen LogP contribution in [0.4, 0.5) is 5.82 Å². The van der Waals surface area contributed by atoms with Gasteiger partial charge in [0, 0.05) is 24.8 Å². The molecule has 0 spiro atoms. The number of nitrogens with zero attached hydrogens (tertiary/aromatic N) is 2. The van der Waals surface area contributed by atoms with E-state index >= 15 is 0 Å². The van der Waals surface area contributed by atoms with E-state index in [4.69, 9.17) is 0 Å². The maximum atomic E-state index is 9.46. The van der Waals surface area contributed by atoms with Crippen LogP contribution >= 0.6 is 0 Å². The molecule has 0 saturated heterocycles. The molecule has 17 heavy (non-hydrogen) atoms. The van der Waals surface area contributed by atoms with Crippen molar-refractivity contribution in [1.29, 1.82) is 0 Å². The summed E-state index contributed by atoms with van der Waals surface area (Å²) in [6.45, 7) is 9.48. The number of aliphatic hydroxyl groups is 1. The third kappa shape index (κ3) is 3.43. The van der Waals surface area contributed by atoms with Crippen LogP contribution in [0.3, 0.4) is 0 Å². The fourth-order valence-electron chi connectivity index (χ4n) is 2.04. The summed E-state index contributed by atoms with van der Waals surface area (Å²) in [6.07, 6.45) is 1.16. The molecule has 3 heteroatoms. The van der Waals surface area contributed by atoms with Crippen LogP contribution in [0.25, 0.3) is 0 Å². The first kappa shape index (κ1) is 14.0. The Labute approximate surface area is 104 Å². The van der Waals surface area contributed by atoms with Crippen molar-refractivity contribution in [2.24, 2.45) is 5.92 Å². The van der Waals surface area contributed by atoms with Crippen molar-refractivity contribution in [2.75, 3.05) is 18.5 Å². The third-order valence-electron chi connectivity index (χ3n) is 3.26. The summed E-state index contributed by atoms with van der Waals surface area (Å²) >= 11 is 0. The minimum atomic E-state index is 0.0549. The van der Waals surface area contributed by atoms with Gasteiger partial charge < -0.3 is 10.0 Å². The van der Waals surface area contributed by atoms with Gasteiger partial charge in [0.05, 0.1) is 6.61 Å². The summed E-state index contributed by atoms with van der Waals surface area (Å²) in [5.74, 6) is 1.56. The molecule has 1 atom stereocenters. The van der Waals surface area contributed by atoms with Crippen molar-refractivity contribution in [3.05, 3.63) is 22.9 Å². The number of rotatable bonds is 5. The summed E-state index contributed by atoms with van der Waals surface area (Å²) in [6, 6.07) is 2.02. The molecule has 1 aromatic rings. The number of pyridine rings is 1. The zero-order valence-corrected chi connectivity index (χ0v) is 11.6. The van der Waals surface area contributed by atoms with Crippen molar-refractivity contribution >= 4 is 5.82 Å². The van der Waals surface area contributed by atoms with E-state index in [-0.39, 0.29) is 6.61 Å². The molecule has 0 aromatic carbocycles. The molecule has 0 amide bonds. The first-order chi connectivity index (χ1) is 7.99. The Hall–Kier alpha value is -1.09. The predicted molar refractivity (Wildman–Crippen MR) is 72.4 cm³/mol. The second-order valence-corrected chi connectivity index (χ2v) is 4.93. The summed E-state index contributed by atoms with van der Waals surface area (Å²) in [4.78, 5) is 6.71. The van der Waals surface area contributed by atoms with Crippen LogP contribution in [-0.2, 0) is 6.61 Å². The van der Waals surface area contributed by atoms with Crippen LogP contribution in [0.5, 0.6) is 0 Å². The Kier molecular flexibility index (Phi) is 4.94. The number of aliphatic hydroxyl groups excluding tert-OH is 1. The highest BCUT2D eigenvalue weighted by atomic mass is 16.3. The van der Waals surface area contributed by atoms with Crippen molar-refractivity contribution in [3.8, 4) is 0 Å². The largest absolute Gasteiger partial charge is 0.392 e. The van der Waals surface area contributed by atoms with Crippen molar-refractivity contribution < 1.29 is 5.11 Å². The number of aromatic nitrogens is 1. The van der Waals surface area contributed by atoms with Crippen LogP contribution in [-0.4, -0.2) is 23.7 Å². The van der Waals surface area contributed by atoms with Crippen LogP contribution in [0, 0.1) is 19.8 Å². The van der Waals surface area contributed by atoms with Gasteiger partial charge in [-0.1, -0.05) is 20.3 Å². The summed E-state index contributed by atoms with van der Waals surface area (Å²) in [5.41, 5.74) is 3.07. The normalized spacial score (nSPS) is 12.6. The fourth-order valence-corrected chi connectivity index (χ4v) is 2.04. The van der Waals surface area contributed by atoms with Crippen LogP contribution in [0.1, 0.15) is 37.1 Å². The highest BCUT2D eigenvalue weighted by molar-refractivity contribution is 5.50. The molecule has 0 aliphatic rings. The minimum Gasteiger partial charge on any atom is -0.392 e. The second kappa shape index (κ2) is 6.01. The first-order valence-corrected chi connectivity index (χ1v) is 6.28. The van der Waals surface area contributed by atoms with Gasteiger partial charge >= 0.3 is 0 Å². The zero-order chi connectivity index (χ0) is 13.0. The average molecular weight is 236 g/mol. The second-order valence-electron chi connectivity index (χ2n) is 4.93. The smallest absolute Gasteiger partial charge is 0.134 e. The molecule has 0 bridgehead atoms. The molecule has 1 heterocycles. The predicted octanol–water partition coefficient (Wildman–Crippen LogP) is 2.67. The van der Waals surface area contributed by atoms with Crippen LogP contribution < -0.4 is 4.90 Å². The van der Waals surface area contributed by atoms with Gasteiger partial charge in [-0.2, -0.15) is 0 Å². The molecular weight excluding hydrogens is 212 g/mol. The number of hydrogen-bond donors (Lipinski definition) is 1. The lowest BCUT2D eigenvalue weighted by molar-refractivity contribution is 0.280. The lowest BCUT2D eigenvalue weighted by atomic mass is 10.1. The molecule has 0 fully saturated rings. The Morgan fingerprint density at radius 1 is 1.41 bits per heavy atom. The van der Waals surface area contributed by atoms with E-state index in [2.05, 4.69) is 23.7 Å². The maximum absolute atomic E-state index is 9.46. The van der Waals surface area contributed by atoms with Crippen LogP contribution in [0.2, 0.25) is 0 Å². The fraction of sp³-hybridized carbons (Fsp3) is 0.643. The van der Waals surface area contributed by atoms with Gasteiger partial charge in [0.2, 0.25) is 0 Å².